The molecule has 1 aliphatic carbocycles. The van der Waals surface area contributed by atoms with Crippen molar-refractivity contribution >= 4 is 25.0 Å². The number of amides is 2. The highest BCUT2D eigenvalue weighted by molar-refractivity contribution is 6.43. The average Bonchev–Trinajstić information content (AvgIpc) is 3.27. The Morgan fingerprint density at radius 2 is 1.84 bits per heavy atom. The van der Waals surface area contributed by atoms with E-state index in [1.807, 2.05) is 19.1 Å². The summed E-state index contributed by atoms with van der Waals surface area (Å²) in [5.41, 5.74) is 5.28. The minimum absolute atomic E-state index is 0.0309. The number of phenols is 1. The van der Waals surface area contributed by atoms with Gasteiger partial charge in [-0.1, -0.05) is 67.0 Å². The molecule has 0 bridgehead atoms. The first-order valence-electron chi connectivity index (χ1n) is 16.6. The first-order chi connectivity index (χ1) is 21.7. The Hall–Kier alpha value is -3.27. The van der Waals surface area contributed by atoms with E-state index in [0.717, 1.165) is 56.5 Å². The summed E-state index contributed by atoms with van der Waals surface area (Å²) in [5.74, 6) is -2.17. The predicted molar refractivity (Wildman–Crippen MR) is 172 cm³/mol. The smallest absolute Gasteiger partial charge is 0.455 e. The molecule has 238 valence electrons. The molecule has 3 aliphatic heterocycles. The van der Waals surface area contributed by atoms with Crippen LogP contribution in [0.5, 0.6) is 5.75 Å². The van der Waals surface area contributed by atoms with Crippen molar-refractivity contribution < 1.29 is 28.8 Å². The van der Waals surface area contributed by atoms with Crippen molar-refractivity contribution in [2.24, 2.45) is 17.8 Å². The van der Waals surface area contributed by atoms with E-state index < -0.39 is 18.9 Å². The van der Waals surface area contributed by atoms with Gasteiger partial charge in [-0.05, 0) is 86.5 Å². The highest BCUT2D eigenvalue weighted by atomic mass is 19.1. The second-order valence-electron chi connectivity index (χ2n) is 13.3. The second kappa shape index (κ2) is 13.6. The molecule has 4 aliphatic rings. The maximum atomic E-state index is 14.2. The van der Waals surface area contributed by atoms with Crippen LogP contribution in [0, 0.1) is 23.6 Å². The van der Waals surface area contributed by atoms with Gasteiger partial charge in [0.25, 0.3) is 0 Å². The van der Waals surface area contributed by atoms with Crippen LogP contribution in [-0.2, 0) is 20.8 Å². The molecule has 2 amide bonds. The molecule has 3 fully saturated rings. The summed E-state index contributed by atoms with van der Waals surface area (Å²) in [6, 6.07) is 14.6. The fourth-order valence-corrected chi connectivity index (χ4v) is 8.19. The van der Waals surface area contributed by atoms with Crippen LogP contribution in [0.15, 0.2) is 65.3 Å². The van der Waals surface area contributed by atoms with Crippen LogP contribution in [0.3, 0.4) is 0 Å². The van der Waals surface area contributed by atoms with Gasteiger partial charge < -0.3 is 14.8 Å². The van der Waals surface area contributed by atoms with Crippen molar-refractivity contribution in [1.29, 1.82) is 0 Å². The fourth-order valence-electron chi connectivity index (χ4n) is 8.19. The maximum Gasteiger partial charge on any atom is 0.455 e. The number of hydrogen-bond acceptors (Lipinski definition) is 6. The topological polar surface area (TPSA) is 90.3 Å². The van der Waals surface area contributed by atoms with Crippen molar-refractivity contribution in [3.8, 4) is 5.75 Å². The van der Waals surface area contributed by atoms with Crippen molar-refractivity contribution in [2.45, 2.75) is 83.8 Å². The number of halogens is 1. The zero-order chi connectivity index (χ0) is 31.7. The highest BCUT2D eigenvalue weighted by Gasteiger charge is 2.58. The number of benzene rings is 2. The van der Waals surface area contributed by atoms with E-state index in [0.29, 0.717) is 31.1 Å². The number of rotatable bonds is 9. The molecule has 2 aromatic carbocycles. The monoisotopic (exact) mass is 614 g/mol. The van der Waals surface area contributed by atoms with E-state index in [9.17, 15) is 24.1 Å². The molecule has 0 aromatic heterocycles. The van der Waals surface area contributed by atoms with E-state index in [2.05, 4.69) is 36.1 Å². The molecule has 0 unspecified atom stereocenters. The summed E-state index contributed by atoms with van der Waals surface area (Å²) in [6.07, 6.45) is 7.04. The van der Waals surface area contributed by atoms with Crippen LogP contribution < -0.4 is 0 Å². The number of carbonyl (C=O) groups excluding carboxylic acids is 2. The number of imide groups is 1. The van der Waals surface area contributed by atoms with E-state index in [-0.39, 0.29) is 41.5 Å². The molecule has 3 saturated heterocycles. The van der Waals surface area contributed by atoms with E-state index in [1.165, 1.54) is 23.3 Å². The number of piperidine rings is 1. The first-order valence-corrected chi connectivity index (χ1v) is 16.6. The van der Waals surface area contributed by atoms with Crippen LogP contribution in [0.4, 0.5) is 4.39 Å². The summed E-state index contributed by atoms with van der Waals surface area (Å²) < 4.78 is 20.0. The normalized spacial score (nSPS) is 26.4. The molecule has 7 nitrogen and oxygen atoms in total. The average molecular weight is 615 g/mol. The number of likely N-dealkylation sites (tertiary alicyclic amines) is 2. The molecule has 2 N–H and O–H groups in total. The van der Waals surface area contributed by atoms with Gasteiger partial charge in [-0.15, -0.1) is 0 Å². The van der Waals surface area contributed by atoms with E-state index in [4.69, 9.17) is 4.65 Å². The Labute approximate surface area is 265 Å². The molecule has 9 heteroatoms. The number of nitrogens with zero attached hydrogens (tertiary/aromatic N) is 2. The Bertz CT molecular complexity index is 1470. The zero-order valence-electron chi connectivity index (χ0n) is 26.3. The lowest BCUT2D eigenvalue weighted by atomic mass is 9.58. The first kappa shape index (κ1) is 31.7. The molecule has 0 saturated carbocycles. The van der Waals surface area contributed by atoms with Gasteiger partial charge in [0.1, 0.15) is 0 Å². The number of fused-ring (bicyclic) bond motifs is 3. The molecule has 0 spiro atoms. The van der Waals surface area contributed by atoms with Crippen molar-refractivity contribution in [2.75, 3.05) is 13.1 Å². The lowest BCUT2D eigenvalue weighted by molar-refractivity contribution is -0.144. The van der Waals surface area contributed by atoms with E-state index in [1.54, 1.807) is 11.0 Å². The number of carbonyl (C=O) groups is 2. The molecule has 2 aromatic rings. The maximum absolute atomic E-state index is 14.2. The molecule has 4 atom stereocenters. The van der Waals surface area contributed by atoms with Crippen LogP contribution in [0.25, 0.3) is 6.08 Å². The summed E-state index contributed by atoms with van der Waals surface area (Å²) in [6.45, 7) is 6.66. The minimum atomic E-state index is -1.00. The molecule has 3 heterocycles. The Kier molecular flexibility index (Phi) is 9.59. The molecular weight excluding hydrogens is 570 g/mol. The SMILES string of the molecule is CCCC1=C2[C@@H](CC/C(C)=C/c3ccc(O)c(F)c3)OB(O)C[C@@H]2[C@@H]2C(=O)N(C3CCN(Cc4ccccc4)CC3)C(=O)[C@@H]2C1. The van der Waals surface area contributed by atoms with Gasteiger partial charge in [0.15, 0.2) is 11.6 Å². The quantitative estimate of drug-likeness (QED) is 0.205. The van der Waals surface area contributed by atoms with Gasteiger partial charge in [-0.25, -0.2) is 4.39 Å². The van der Waals surface area contributed by atoms with Crippen LogP contribution in [-0.4, -0.2) is 64.1 Å². The van der Waals surface area contributed by atoms with Crippen molar-refractivity contribution in [1.82, 2.24) is 9.80 Å². The standard InChI is InChI=1S/C36H44BFN2O5/c1-3-7-26-20-28-34(36(43)40(35(28)42)27-14-16-39(17-15-27)22-24-8-5-4-6-9-24)29-21-37(44)45-32(33(26)29)13-10-23(2)18-25-11-12-31(41)30(38)19-25/h4-6,8-9,11-12,18-19,27-29,32,34,41,44H,3,7,10,13-17,20-22H2,1-2H3/b23-18+/t28-,29+,32-,34-/m1/s1. The Morgan fingerprint density at radius 1 is 1.09 bits per heavy atom. The summed E-state index contributed by atoms with van der Waals surface area (Å²) >= 11 is 0. The van der Waals surface area contributed by atoms with Crippen molar-refractivity contribution in [3.05, 3.63) is 82.2 Å². The van der Waals surface area contributed by atoms with Gasteiger partial charge in [0.2, 0.25) is 11.8 Å². The predicted octanol–water partition coefficient (Wildman–Crippen LogP) is 5.98. The summed E-state index contributed by atoms with van der Waals surface area (Å²) in [5, 5.41) is 20.4. The van der Waals surface area contributed by atoms with Gasteiger partial charge in [0.05, 0.1) is 17.9 Å². The lowest BCUT2D eigenvalue weighted by Gasteiger charge is -2.43. The van der Waals surface area contributed by atoms with Gasteiger partial charge >= 0.3 is 7.12 Å². The molecule has 45 heavy (non-hydrogen) atoms. The number of phenolic OH excluding ortho intramolecular Hbond substituents is 1. The largest absolute Gasteiger partial charge is 0.505 e. The summed E-state index contributed by atoms with van der Waals surface area (Å²) in [7, 11) is -1.00. The Morgan fingerprint density at radius 3 is 2.56 bits per heavy atom. The fraction of sp³-hybridized carbons (Fsp3) is 0.500. The summed E-state index contributed by atoms with van der Waals surface area (Å²) in [4.78, 5) is 32.1. The third-order valence-corrected chi connectivity index (χ3v) is 10.3. The van der Waals surface area contributed by atoms with E-state index >= 15 is 0 Å². The van der Waals surface area contributed by atoms with Crippen LogP contribution in [0.2, 0.25) is 6.32 Å². The zero-order valence-corrected chi connectivity index (χ0v) is 26.3. The lowest BCUT2D eigenvalue weighted by Crippen LogP contribution is -2.48. The molecule has 6 rings (SSSR count). The Balaban J connectivity index is 1.17. The minimum Gasteiger partial charge on any atom is -0.505 e. The van der Waals surface area contributed by atoms with Gasteiger partial charge in [-0.2, -0.15) is 0 Å². The van der Waals surface area contributed by atoms with Crippen LogP contribution in [0.1, 0.15) is 69.9 Å². The van der Waals surface area contributed by atoms with Crippen molar-refractivity contribution in [3.63, 3.8) is 0 Å². The third-order valence-electron chi connectivity index (χ3n) is 10.3. The van der Waals surface area contributed by atoms with Gasteiger partial charge in [0, 0.05) is 25.7 Å². The third kappa shape index (κ3) is 6.67. The number of aromatic hydroxyl groups is 1. The number of hydrogen-bond donors (Lipinski definition) is 2. The molecular formula is C36H44BFN2O5. The highest BCUT2D eigenvalue weighted by Crippen LogP contribution is 2.52. The van der Waals surface area contributed by atoms with Crippen LogP contribution >= 0.6 is 0 Å². The second-order valence-corrected chi connectivity index (χ2v) is 13.3. The number of allylic oxidation sites excluding steroid dienone is 2. The van der Waals surface area contributed by atoms with Gasteiger partial charge in [-0.3, -0.25) is 19.4 Å². The molecule has 0 radical (unpaired) electrons.